The predicted octanol–water partition coefficient (Wildman–Crippen LogP) is 2.03. The van der Waals surface area contributed by atoms with Gasteiger partial charge in [-0.05, 0) is 49.3 Å². The molecule has 1 fully saturated rings. The second-order valence-electron chi connectivity index (χ2n) is 4.84. The quantitative estimate of drug-likeness (QED) is 0.829. The molecule has 1 aromatic carbocycles. The Balaban J connectivity index is 1.99. The summed E-state index contributed by atoms with van der Waals surface area (Å²) in [6, 6.07) is 6.51. The summed E-state index contributed by atoms with van der Waals surface area (Å²) in [7, 11) is 0. The van der Waals surface area contributed by atoms with E-state index in [9.17, 15) is 9.90 Å². The van der Waals surface area contributed by atoms with Crippen molar-refractivity contribution in [1.29, 1.82) is 0 Å². The second-order valence-corrected chi connectivity index (χ2v) is 4.84. The molecule has 0 aliphatic heterocycles. The van der Waals surface area contributed by atoms with Gasteiger partial charge in [0.2, 0.25) is 0 Å². The van der Waals surface area contributed by atoms with Gasteiger partial charge >= 0.3 is 0 Å². The van der Waals surface area contributed by atoms with E-state index in [1.807, 2.05) is 0 Å². The summed E-state index contributed by atoms with van der Waals surface area (Å²) in [6.07, 6.45) is 4.40. The van der Waals surface area contributed by atoms with Gasteiger partial charge in [-0.25, -0.2) is 0 Å². The number of carbonyl (C=O) groups is 1. The molecule has 1 aliphatic carbocycles. The van der Waals surface area contributed by atoms with Crippen molar-refractivity contribution in [2.75, 3.05) is 5.43 Å². The van der Waals surface area contributed by atoms with Crippen molar-refractivity contribution >= 4 is 17.4 Å². The molecule has 0 radical (unpaired) electrons. The third-order valence-corrected chi connectivity index (χ3v) is 3.29. The van der Waals surface area contributed by atoms with Crippen LogP contribution in [0.5, 0.6) is 0 Å². The zero-order valence-electron chi connectivity index (χ0n) is 10.5. The van der Waals surface area contributed by atoms with E-state index >= 15 is 0 Å². The van der Waals surface area contributed by atoms with E-state index in [0.717, 1.165) is 24.5 Å². The number of carboxylic acids is 1. The van der Waals surface area contributed by atoms with Crippen LogP contribution in [-0.4, -0.2) is 11.7 Å². The number of hydrazone groups is 1. The number of benzene rings is 1. The molecule has 96 valence electrons. The number of anilines is 1. The lowest BCUT2D eigenvalue weighted by Crippen LogP contribution is -2.22. The molecule has 0 spiro atoms. The predicted molar refractivity (Wildman–Crippen MR) is 69.5 cm³/mol. The number of hydrogen-bond donors (Lipinski definition) is 1. The summed E-state index contributed by atoms with van der Waals surface area (Å²) in [5, 5.41) is 15.1. The molecule has 0 aromatic heterocycles. The monoisotopic (exact) mass is 245 g/mol. The maximum absolute atomic E-state index is 10.7. The van der Waals surface area contributed by atoms with E-state index in [2.05, 4.69) is 17.5 Å². The first-order chi connectivity index (χ1) is 8.65. The van der Waals surface area contributed by atoms with Crippen LogP contribution in [0.4, 0.5) is 5.69 Å². The van der Waals surface area contributed by atoms with Crippen LogP contribution in [0.3, 0.4) is 0 Å². The molecule has 1 saturated carbocycles. The lowest BCUT2D eigenvalue weighted by Gasteiger charge is -2.19. The molecule has 1 aromatic rings. The third-order valence-electron chi connectivity index (χ3n) is 3.29. The summed E-state index contributed by atoms with van der Waals surface area (Å²) < 4.78 is 0. The number of carboxylic acid groups (broad SMARTS) is 1. The SMILES string of the molecule is CC1CCC(=NNc2cccc(C(=O)[O-])c2)CC1. The first-order valence-electron chi connectivity index (χ1n) is 6.28. The molecule has 1 N–H and O–H groups in total. The molecule has 0 atom stereocenters. The minimum absolute atomic E-state index is 0.164. The Kier molecular flexibility index (Phi) is 3.97. The van der Waals surface area contributed by atoms with Crippen molar-refractivity contribution in [3.63, 3.8) is 0 Å². The zero-order valence-corrected chi connectivity index (χ0v) is 10.5. The highest BCUT2D eigenvalue weighted by Gasteiger charge is 2.13. The van der Waals surface area contributed by atoms with Crippen LogP contribution in [0.15, 0.2) is 29.4 Å². The van der Waals surface area contributed by atoms with Gasteiger partial charge in [-0.2, -0.15) is 5.10 Å². The van der Waals surface area contributed by atoms with Gasteiger partial charge in [-0.1, -0.05) is 19.1 Å². The van der Waals surface area contributed by atoms with Crippen molar-refractivity contribution in [1.82, 2.24) is 0 Å². The maximum atomic E-state index is 10.7. The van der Waals surface area contributed by atoms with Crippen LogP contribution in [-0.2, 0) is 0 Å². The first-order valence-corrected chi connectivity index (χ1v) is 6.28. The Labute approximate surface area is 107 Å². The normalized spacial score (nSPS) is 19.4. The van der Waals surface area contributed by atoms with Gasteiger partial charge in [0.1, 0.15) is 0 Å². The molecule has 0 unspecified atom stereocenters. The fraction of sp³-hybridized carbons (Fsp3) is 0.429. The Morgan fingerprint density at radius 1 is 1.39 bits per heavy atom. The van der Waals surface area contributed by atoms with Gasteiger partial charge in [0.25, 0.3) is 0 Å². The van der Waals surface area contributed by atoms with Crippen LogP contribution < -0.4 is 10.5 Å². The van der Waals surface area contributed by atoms with Gasteiger partial charge in [-0.15, -0.1) is 0 Å². The average Bonchev–Trinajstić information content (AvgIpc) is 2.38. The van der Waals surface area contributed by atoms with Crippen molar-refractivity contribution in [2.24, 2.45) is 11.0 Å². The second kappa shape index (κ2) is 5.67. The molecule has 2 rings (SSSR count). The molecular weight excluding hydrogens is 228 g/mol. The van der Waals surface area contributed by atoms with E-state index in [1.54, 1.807) is 12.1 Å². The van der Waals surface area contributed by atoms with Gasteiger partial charge < -0.3 is 9.90 Å². The lowest BCUT2D eigenvalue weighted by atomic mass is 9.90. The largest absolute Gasteiger partial charge is 0.545 e. The Bertz CT molecular complexity index is 459. The minimum atomic E-state index is -1.17. The molecule has 4 nitrogen and oxygen atoms in total. The molecule has 4 heteroatoms. The highest BCUT2D eigenvalue weighted by Crippen LogP contribution is 2.21. The molecule has 18 heavy (non-hydrogen) atoms. The summed E-state index contributed by atoms with van der Waals surface area (Å²) in [5.74, 6) is -0.386. The highest BCUT2D eigenvalue weighted by molar-refractivity contribution is 5.88. The van der Waals surface area contributed by atoms with Crippen LogP contribution in [0, 0.1) is 5.92 Å². The van der Waals surface area contributed by atoms with Crippen molar-refractivity contribution in [3.8, 4) is 0 Å². The van der Waals surface area contributed by atoms with Crippen LogP contribution >= 0.6 is 0 Å². The van der Waals surface area contributed by atoms with Gasteiger partial charge in [-0.3, -0.25) is 5.43 Å². The smallest absolute Gasteiger partial charge is 0.0716 e. The number of nitrogens with one attached hydrogen (secondary N) is 1. The molecule has 1 aliphatic rings. The summed E-state index contributed by atoms with van der Waals surface area (Å²) >= 11 is 0. The van der Waals surface area contributed by atoms with E-state index in [0.29, 0.717) is 5.69 Å². The number of rotatable bonds is 3. The number of hydrogen-bond acceptors (Lipinski definition) is 4. The standard InChI is InChI=1S/C14H18N2O2/c1-10-5-7-12(8-6-10)15-16-13-4-2-3-11(9-13)14(17)18/h2-4,9-10,16H,5-8H2,1H3,(H,17,18)/p-1. The highest BCUT2D eigenvalue weighted by atomic mass is 16.4. The molecule has 0 amide bonds. The summed E-state index contributed by atoms with van der Waals surface area (Å²) in [4.78, 5) is 10.7. The molecular formula is C14H17N2O2-. The Morgan fingerprint density at radius 2 is 2.11 bits per heavy atom. The average molecular weight is 245 g/mol. The number of carbonyl (C=O) groups excluding carboxylic acids is 1. The van der Waals surface area contributed by atoms with E-state index < -0.39 is 5.97 Å². The Hall–Kier alpha value is -1.84. The van der Waals surface area contributed by atoms with Crippen LogP contribution in [0.25, 0.3) is 0 Å². The van der Waals surface area contributed by atoms with Gasteiger partial charge in [0, 0.05) is 5.71 Å². The fourth-order valence-corrected chi connectivity index (χ4v) is 2.07. The minimum Gasteiger partial charge on any atom is -0.545 e. The van der Waals surface area contributed by atoms with Gasteiger partial charge in [0.05, 0.1) is 11.7 Å². The first kappa shape index (κ1) is 12.6. The maximum Gasteiger partial charge on any atom is 0.0716 e. The molecule has 0 saturated heterocycles. The van der Waals surface area contributed by atoms with Crippen molar-refractivity contribution in [3.05, 3.63) is 29.8 Å². The van der Waals surface area contributed by atoms with Crippen LogP contribution in [0.1, 0.15) is 43.0 Å². The van der Waals surface area contributed by atoms with Crippen molar-refractivity contribution < 1.29 is 9.90 Å². The third kappa shape index (κ3) is 3.32. The zero-order chi connectivity index (χ0) is 13.0. The van der Waals surface area contributed by atoms with Crippen LogP contribution in [0.2, 0.25) is 0 Å². The summed E-state index contributed by atoms with van der Waals surface area (Å²) in [5.41, 5.74) is 4.93. The lowest BCUT2D eigenvalue weighted by molar-refractivity contribution is -0.255. The fourth-order valence-electron chi connectivity index (χ4n) is 2.07. The molecule has 0 bridgehead atoms. The van der Waals surface area contributed by atoms with Crippen molar-refractivity contribution in [2.45, 2.75) is 32.6 Å². The van der Waals surface area contributed by atoms with E-state index in [-0.39, 0.29) is 5.56 Å². The summed E-state index contributed by atoms with van der Waals surface area (Å²) in [6.45, 7) is 2.26. The van der Waals surface area contributed by atoms with E-state index in [4.69, 9.17) is 0 Å². The molecule has 0 heterocycles. The van der Waals surface area contributed by atoms with Gasteiger partial charge in [0.15, 0.2) is 0 Å². The Morgan fingerprint density at radius 3 is 2.78 bits per heavy atom. The number of nitrogens with zero attached hydrogens (tertiary/aromatic N) is 1. The topological polar surface area (TPSA) is 64.5 Å². The van der Waals surface area contributed by atoms with E-state index in [1.165, 1.54) is 25.0 Å². The number of aromatic carboxylic acids is 1.